The van der Waals surface area contributed by atoms with Crippen molar-refractivity contribution in [3.63, 3.8) is 0 Å². The molecule has 0 radical (unpaired) electrons. The minimum atomic E-state index is -3.87. The number of nitrogens with zero attached hydrogens (tertiary/aromatic N) is 4. The summed E-state index contributed by atoms with van der Waals surface area (Å²) in [6, 6.07) is 23.3. The molecule has 2 aromatic heterocycles. The number of benzene rings is 4. The summed E-state index contributed by atoms with van der Waals surface area (Å²) in [6.45, 7) is 4.06. The zero-order valence-electron chi connectivity index (χ0n) is 29.2. The van der Waals surface area contributed by atoms with Crippen LogP contribution in [0.25, 0.3) is 33.0 Å². The third kappa shape index (κ3) is 8.44. The number of rotatable bonds is 7. The Labute approximate surface area is 331 Å². The first-order valence-corrected chi connectivity index (χ1v) is 21.6. The van der Waals surface area contributed by atoms with Crippen LogP contribution in [0.4, 0.5) is 4.39 Å². The van der Waals surface area contributed by atoms with Gasteiger partial charge in [-0.1, -0.05) is 71.4 Å². The fourth-order valence-corrected chi connectivity index (χ4v) is 11.2. The highest BCUT2D eigenvalue weighted by Gasteiger charge is 2.31. The lowest BCUT2D eigenvalue weighted by molar-refractivity contribution is 0.0730. The molecule has 55 heavy (non-hydrogen) atoms. The van der Waals surface area contributed by atoms with Crippen molar-refractivity contribution in [1.29, 1.82) is 0 Å². The van der Waals surface area contributed by atoms with Crippen LogP contribution in [0.1, 0.15) is 18.4 Å². The van der Waals surface area contributed by atoms with Crippen molar-refractivity contribution < 1.29 is 30.4 Å². The molecule has 8 rings (SSSR count). The molecule has 286 valence electrons. The van der Waals surface area contributed by atoms with Crippen LogP contribution in [-0.4, -0.2) is 75.0 Å². The molecule has 0 aliphatic carbocycles. The third-order valence-corrected chi connectivity index (χ3v) is 14.4. The van der Waals surface area contributed by atoms with E-state index >= 15 is 0 Å². The van der Waals surface area contributed by atoms with E-state index in [1.165, 1.54) is 32.5 Å². The van der Waals surface area contributed by atoms with Gasteiger partial charge < -0.3 is 9.15 Å². The van der Waals surface area contributed by atoms with E-state index < -0.39 is 36.4 Å². The molecule has 4 heterocycles. The van der Waals surface area contributed by atoms with E-state index in [0.29, 0.717) is 71.3 Å². The average molecular weight is 844 g/mol. The van der Waals surface area contributed by atoms with Gasteiger partial charge in [0, 0.05) is 62.8 Å². The molecule has 2 aliphatic heterocycles. The van der Waals surface area contributed by atoms with E-state index in [1.807, 2.05) is 48.5 Å². The van der Waals surface area contributed by atoms with E-state index in [0.717, 1.165) is 40.6 Å². The summed E-state index contributed by atoms with van der Waals surface area (Å²) in [7, 11) is -7.53. The quantitative estimate of drug-likeness (QED) is 0.146. The molecular weight excluding hydrogens is 811 g/mol. The van der Waals surface area contributed by atoms with Crippen LogP contribution in [0.15, 0.2) is 114 Å². The molecule has 0 spiro atoms. The van der Waals surface area contributed by atoms with E-state index in [2.05, 4.69) is 10.2 Å². The number of sulfonamides is 2. The molecule has 2 aliphatic rings. The van der Waals surface area contributed by atoms with Crippen molar-refractivity contribution in [3.8, 4) is 11.3 Å². The van der Waals surface area contributed by atoms with Crippen molar-refractivity contribution in [2.75, 3.05) is 39.4 Å². The Kier molecular flexibility index (Phi) is 11.6. The number of morpholine rings is 1. The van der Waals surface area contributed by atoms with E-state index in [9.17, 15) is 26.0 Å². The van der Waals surface area contributed by atoms with Crippen LogP contribution < -0.4 is 5.63 Å². The van der Waals surface area contributed by atoms with Crippen molar-refractivity contribution in [1.82, 2.24) is 18.8 Å². The Morgan fingerprint density at radius 1 is 0.745 bits per heavy atom. The molecule has 2 fully saturated rings. The smallest absolute Gasteiger partial charge is 0.356 e. The van der Waals surface area contributed by atoms with Crippen LogP contribution in [0.2, 0.25) is 10.0 Å². The normalized spacial score (nSPS) is 15.6. The molecule has 2 saturated heterocycles. The number of hydrogen-bond donors (Lipinski definition) is 0. The summed E-state index contributed by atoms with van der Waals surface area (Å²) in [6.07, 6.45) is 1.54. The highest BCUT2D eigenvalue weighted by atomic mass is 35.5. The molecule has 0 saturated carbocycles. The second-order valence-corrected chi connectivity index (χ2v) is 18.5. The van der Waals surface area contributed by atoms with Crippen LogP contribution in [0.3, 0.4) is 0 Å². The fourth-order valence-electron chi connectivity index (χ4n) is 6.34. The summed E-state index contributed by atoms with van der Waals surface area (Å²) in [4.78, 5) is 12.5. The SMILES string of the molecule is Cc1ccc(-c2nnc(Sc3cc(Cl)cc(Cl)c3)c3ccccc23)cc1S(=O)(=O)N1CCOCC1.O=c1oc2ccc(F)cc2cc1S(=O)(=O)N1CCCC1. The maximum Gasteiger partial charge on any atom is 0.356 e. The Bertz CT molecular complexity index is 2690. The van der Waals surface area contributed by atoms with Gasteiger partial charge in [0.05, 0.1) is 18.1 Å². The van der Waals surface area contributed by atoms with Gasteiger partial charge in [-0.3, -0.25) is 0 Å². The molecule has 17 heteroatoms. The summed E-state index contributed by atoms with van der Waals surface area (Å²) < 4.78 is 77.7. The van der Waals surface area contributed by atoms with Crippen LogP contribution in [0, 0.1) is 12.7 Å². The van der Waals surface area contributed by atoms with Gasteiger partial charge in [0.1, 0.15) is 22.1 Å². The van der Waals surface area contributed by atoms with Crippen LogP contribution >= 0.6 is 35.0 Å². The van der Waals surface area contributed by atoms with E-state index in [-0.39, 0.29) is 15.9 Å². The molecule has 11 nitrogen and oxygen atoms in total. The number of aromatic nitrogens is 2. The molecule has 0 amide bonds. The maximum absolute atomic E-state index is 13.4. The Morgan fingerprint density at radius 3 is 2.11 bits per heavy atom. The lowest BCUT2D eigenvalue weighted by atomic mass is 10.0. The minimum absolute atomic E-state index is 0.164. The van der Waals surface area contributed by atoms with Gasteiger partial charge in [0.25, 0.3) is 0 Å². The molecule has 0 N–H and O–H groups in total. The lowest BCUT2D eigenvalue weighted by Crippen LogP contribution is -2.40. The van der Waals surface area contributed by atoms with Crippen LogP contribution in [-0.2, 0) is 24.8 Å². The standard InChI is InChI=1S/C25H21Cl2N3O3S2.C13H12FNO4S/c1-16-6-7-17(12-23(16)35(31,32)30-8-10-33-11-9-30)24-21-4-2-3-5-22(21)25(29-28-24)34-20-14-18(26)13-19(27)15-20;14-10-3-4-11-9(7-10)8-12(13(16)19-11)20(17,18)15-5-1-2-6-15/h2-7,12-15H,8-11H2,1H3;3-4,7-8H,1-2,5-6H2. The number of ether oxygens (including phenoxy) is 1. The largest absolute Gasteiger partial charge is 0.422 e. The Morgan fingerprint density at radius 2 is 1.40 bits per heavy atom. The number of hydrogen-bond acceptors (Lipinski definition) is 10. The average Bonchev–Trinajstić information content (AvgIpc) is 3.72. The molecule has 0 atom stereocenters. The second-order valence-electron chi connectivity index (χ2n) is 12.8. The van der Waals surface area contributed by atoms with Gasteiger partial charge in [-0.2, -0.15) is 8.61 Å². The van der Waals surface area contributed by atoms with Crippen molar-refractivity contribution >= 4 is 76.8 Å². The first kappa shape index (κ1) is 39.3. The van der Waals surface area contributed by atoms with E-state index in [4.69, 9.17) is 32.4 Å². The second kappa shape index (κ2) is 16.3. The van der Waals surface area contributed by atoms with Gasteiger partial charge in [0.15, 0.2) is 4.90 Å². The maximum atomic E-state index is 13.4. The summed E-state index contributed by atoms with van der Waals surface area (Å²) in [5, 5.41) is 12.8. The molecular formula is C38H33Cl2FN4O7S3. The molecule has 0 bridgehead atoms. The highest BCUT2D eigenvalue weighted by molar-refractivity contribution is 7.99. The van der Waals surface area contributed by atoms with Gasteiger partial charge in [-0.25, -0.2) is 26.0 Å². The Balaban J connectivity index is 0.000000197. The summed E-state index contributed by atoms with van der Waals surface area (Å²) in [5.41, 5.74) is 1.23. The summed E-state index contributed by atoms with van der Waals surface area (Å²) >= 11 is 13.8. The summed E-state index contributed by atoms with van der Waals surface area (Å²) in [5.74, 6) is -0.518. The predicted octanol–water partition coefficient (Wildman–Crippen LogP) is 7.80. The van der Waals surface area contributed by atoms with Gasteiger partial charge >= 0.3 is 5.63 Å². The van der Waals surface area contributed by atoms with E-state index in [1.54, 1.807) is 19.1 Å². The molecule has 0 unspecified atom stereocenters. The number of aryl methyl sites for hydroxylation is 1. The first-order valence-electron chi connectivity index (χ1n) is 17.1. The third-order valence-electron chi connectivity index (χ3n) is 9.10. The number of halogens is 3. The molecule has 4 aromatic carbocycles. The number of fused-ring (bicyclic) bond motifs is 2. The zero-order valence-corrected chi connectivity index (χ0v) is 33.2. The van der Waals surface area contributed by atoms with Gasteiger partial charge in [-0.05, 0) is 73.9 Å². The van der Waals surface area contributed by atoms with Crippen LogP contribution in [0.5, 0.6) is 0 Å². The van der Waals surface area contributed by atoms with Crippen molar-refractivity contribution in [2.24, 2.45) is 0 Å². The monoisotopic (exact) mass is 842 g/mol. The molecule has 6 aromatic rings. The first-order chi connectivity index (χ1) is 26.3. The van der Waals surface area contributed by atoms with Gasteiger partial charge in [0.2, 0.25) is 20.0 Å². The van der Waals surface area contributed by atoms with Crippen molar-refractivity contribution in [3.05, 3.63) is 117 Å². The zero-order chi connectivity index (χ0) is 38.9. The lowest BCUT2D eigenvalue weighted by Gasteiger charge is -2.26. The fraction of sp³-hybridized carbons (Fsp3) is 0.237. The minimum Gasteiger partial charge on any atom is -0.422 e. The highest BCUT2D eigenvalue weighted by Crippen LogP contribution is 2.38. The Hall–Kier alpha value is -3.93. The van der Waals surface area contributed by atoms with Gasteiger partial charge in [-0.15, -0.1) is 10.2 Å². The topological polar surface area (TPSA) is 140 Å². The van der Waals surface area contributed by atoms with Crippen molar-refractivity contribution in [2.45, 2.75) is 39.5 Å². The predicted molar refractivity (Wildman–Crippen MR) is 210 cm³/mol.